The van der Waals surface area contributed by atoms with Gasteiger partial charge in [-0.3, -0.25) is 0 Å². The quantitative estimate of drug-likeness (QED) is 0.394. The van der Waals surface area contributed by atoms with Crippen molar-refractivity contribution in [2.75, 3.05) is 31.3 Å². The SMILES string of the molecule is COc1ccc2c(c1)c(CCN(C)c1ncc(Cc3ccc4[nH]ccc4c3)c(N)n1)cn2C. The summed E-state index contributed by atoms with van der Waals surface area (Å²) in [6.45, 7) is 0.777. The van der Waals surface area contributed by atoms with Gasteiger partial charge in [0, 0.05) is 67.6 Å². The Labute approximate surface area is 192 Å². The van der Waals surface area contributed by atoms with Crippen LogP contribution in [0.4, 0.5) is 11.8 Å². The van der Waals surface area contributed by atoms with Gasteiger partial charge in [0.25, 0.3) is 0 Å². The molecule has 3 aromatic heterocycles. The van der Waals surface area contributed by atoms with Gasteiger partial charge in [-0.05, 0) is 59.3 Å². The molecule has 3 N–H and O–H groups in total. The topological polar surface area (TPSA) is 85.0 Å². The average molecular weight is 441 g/mol. The van der Waals surface area contributed by atoms with Crippen LogP contribution in [0.25, 0.3) is 21.8 Å². The summed E-state index contributed by atoms with van der Waals surface area (Å²) < 4.78 is 7.56. The summed E-state index contributed by atoms with van der Waals surface area (Å²) in [6, 6.07) is 14.6. The van der Waals surface area contributed by atoms with Gasteiger partial charge in [0.1, 0.15) is 11.6 Å². The maximum absolute atomic E-state index is 6.32. The van der Waals surface area contributed by atoms with Crippen LogP contribution in [0.2, 0.25) is 0 Å². The zero-order valence-corrected chi connectivity index (χ0v) is 19.2. The maximum Gasteiger partial charge on any atom is 0.227 e. The lowest BCUT2D eigenvalue weighted by Gasteiger charge is -2.18. The molecule has 2 aromatic carbocycles. The lowest BCUT2D eigenvalue weighted by atomic mass is 10.1. The Hall–Kier alpha value is -4.00. The second kappa shape index (κ2) is 8.50. The van der Waals surface area contributed by atoms with Crippen LogP contribution in [0.5, 0.6) is 5.75 Å². The van der Waals surface area contributed by atoms with Crippen molar-refractivity contribution >= 4 is 33.6 Å². The van der Waals surface area contributed by atoms with Crippen LogP contribution in [0.3, 0.4) is 0 Å². The molecule has 5 aromatic rings. The molecule has 33 heavy (non-hydrogen) atoms. The van der Waals surface area contributed by atoms with Gasteiger partial charge >= 0.3 is 0 Å². The van der Waals surface area contributed by atoms with Gasteiger partial charge < -0.3 is 24.9 Å². The van der Waals surface area contributed by atoms with Gasteiger partial charge in [-0.15, -0.1) is 0 Å². The summed E-state index contributed by atoms with van der Waals surface area (Å²) in [5.74, 6) is 2.02. The number of nitrogens with zero attached hydrogens (tertiary/aromatic N) is 4. The highest BCUT2D eigenvalue weighted by Crippen LogP contribution is 2.26. The number of likely N-dealkylation sites (N-methyl/N-ethyl adjacent to an activating group) is 1. The third kappa shape index (κ3) is 4.09. The maximum atomic E-state index is 6.32. The third-order valence-corrected chi connectivity index (χ3v) is 6.23. The lowest BCUT2D eigenvalue weighted by Crippen LogP contribution is -2.23. The number of rotatable bonds is 7. The van der Waals surface area contributed by atoms with Crippen LogP contribution in [0.1, 0.15) is 16.7 Å². The number of methoxy groups -OCH3 is 1. The van der Waals surface area contributed by atoms with E-state index in [0.717, 1.165) is 29.8 Å². The number of nitrogen functional groups attached to an aromatic ring is 1. The van der Waals surface area contributed by atoms with Gasteiger partial charge in [0.2, 0.25) is 5.95 Å². The van der Waals surface area contributed by atoms with Crippen LogP contribution in [0, 0.1) is 0 Å². The summed E-state index contributed by atoms with van der Waals surface area (Å²) in [6.07, 6.45) is 7.54. The van der Waals surface area contributed by atoms with Crippen LogP contribution in [0.15, 0.2) is 61.1 Å². The van der Waals surface area contributed by atoms with Crippen LogP contribution >= 0.6 is 0 Å². The number of nitrogens with one attached hydrogen (secondary N) is 1. The number of fused-ring (bicyclic) bond motifs is 2. The van der Waals surface area contributed by atoms with E-state index in [1.165, 1.54) is 27.4 Å². The van der Waals surface area contributed by atoms with Crippen molar-refractivity contribution in [2.45, 2.75) is 12.8 Å². The molecule has 7 heteroatoms. The van der Waals surface area contributed by atoms with E-state index >= 15 is 0 Å². The third-order valence-electron chi connectivity index (χ3n) is 6.23. The summed E-state index contributed by atoms with van der Waals surface area (Å²) in [5, 5.41) is 2.40. The Balaban J connectivity index is 1.29. The van der Waals surface area contributed by atoms with Gasteiger partial charge in [-0.25, -0.2) is 4.98 Å². The zero-order valence-electron chi connectivity index (χ0n) is 19.2. The first-order valence-electron chi connectivity index (χ1n) is 11.0. The highest BCUT2D eigenvalue weighted by atomic mass is 16.5. The van der Waals surface area contributed by atoms with E-state index in [1.54, 1.807) is 7.11 Å². The minimum atomic E-state index is 0.524. The molecule has 0 saturated carbocycles. The molecular formula is C26H28N6O. The van der Waals surface area contributed by atoms with E-state index in [-0.39, 0.29) is 0 Å². The number of hydrogen-bond donors (Lipinski definition) is 2. The Kier molecular flexibility index (Phi) is 5.38. The molecule has 0 radical (unpaired) electrons. The summed E-state index contributed by atoms with van der Waals surface area (Å²) >= 11 is 0. The molecule has 168 valence electrons. The van der Waals surface area contributed by atoms with Crippen molar-refractivity contribution in [1.82, 2.24) is 19.5 Å². The molecule has 0 aliphatic carbocycles. The van der Waals surface area contributed by atoms with Crippen LogP contribution in [-0.2, 0) is 19.9 Å². The number of aromatic amines is 1. The fourth-order valence-electron chi connectivity index (χ4n) is 4.33. The molecule has 0 amide bonds. The average Bonchev–Trinajstić information content (AvgIpc) is 3.42. The van der Waals surface area contributed by atoms with E-state index in [9.17, 15) is 0 Å². The number of anilines is 2. The normalized spacial score (nSPS) is 11.4. The second-order valence-corrected chi connectivity index (χ2v) is 8.48. The number of benzene rings is 2. The van der Waals surface area contributed by atoms with E-state index in [4.69, 9.17) is 10.5 Å². The molecule has 0 unspecified atom stereocenters. The van der Waals surface area contributed by atoms with Crippen molar-refractivity contribution in [3.8, 4) is 5.75 Å². The van der Waals surface area contributed by atoms with Gasteiger partial charge in [-0.1, -0.05) is 6.07 Å². The molecule has 7 nitrogen and oxygen atoms in total. The smallest absolute Gasteiger partial charge is 0.227 e. The largest absolute Gasteiger partial charge is 0.497 e. The highest BCUT2D eigenvalue weighted by Gasteiger charge is 2.12. The Bertz CT molecular complexity index is 1430. The minimum absolute atomic E-state index is 0.524. The first-order chi connectivity index (χ1) is 16.0. The molecule has 0 saturated heterocycles. The summed E-state index contributed by atoms with van der Waals surface area (Å²) in [4.78, 5) is 14.5. The molecule has 5 rings (SSSR count). The molecular weight excluding hydrogens is 412 g/mol. The zero-order chi connectivity index (χ0) is 22.9. The fourth-order valence-corrected chi connectivity index (χ4v) is 4.33. The van der Waals surface area contributed by atoms with E-state index in [1.807, 2.05) is 30.4 Å². The van der Waals surface area contributed by atoms with Crippen molar-refractivity contribution in [2.24, 2.45) is 7.05 Å². The number of nitrogens with two attached hydrogens (primary N) is 1. The Morgan fingerprint density at radius 2 is 2.00 bits per heavy atom. The second-order valence-electron chi connectivity index (χ2n) is 8.48. The molecule has 0 atom stereocenters. The molecule has 0 spiro atoms. The highest BCUT2D eigenvalue weighted by molar-refractivity contribution is 5.85. The van der Waals surface area contributed by atoms with Crippen LogP contribution < -0.4 is 15.4 Å². The monoisotopic (exact) mass is 440 g/mol. The predicted octanol–water partition coefficient (Wildman–Crippen LogP) is 4.31. The Morgan fingerprint density at radius 3 is 2.82 bits per heavy atom. The van der Waals surface area contributed by atoms with E-state index in [0.29, 0.717) is 18.2 Å². The number of ether oxygens (including phenoxy) is 1. The first kappa shape index (κ1) is 20.9. The molecule has 0 fully saturated rings. The van der Waals surface area contributed by atoms with Crippen LogP contribution in [-0.4, -0.2) is 40.2 Å². The Morgan fingerprint density at radius 1 is 1.12 bits per heavy atom. The minimum Gasteiger partial charge on any atom is -0.497 e. The van der Waals surface area contributed by atoms with Gasteiger partial charge in [-0.2, -0.15) is 4.98 Å². The van der Waals surface area contributed by atoms with Crippen molar-refractivity contribution in [3.05, 3.63) is 77.7 Å². The lowest BCUT2D eigenvalue weighted by molar-refractivity contribution is 0.415. The summed E-state index contributed by atoms with van der Waals surface area (Å²) in [7, 11) is 5.76. The number of aryl methyl sites for hydroxylation is 1. The molecule has 0 aliphatic heterocycles. The molecule has 0 aliphatic rings. The van der Waals surface area contributed by atoms with E-state index in [2.05, 4.69) is 69.2 Å². The number of hydrogen-bond acceptors (Lipinski definition) is 5. The fraction of sp³-hybridized carbons (Fsp3) is 0.231. The van der Waals surface area contributed by atoms with Crippen molar-refractivity contribution < 1.29 is 4.74 Å². The summed E-state index contributed by atoms with van der Waals surface area (Å²) in [5.41, 5.74) is 12.0. The van der Waals surface area contributed by atoms with E-state index < -0.39 is 0 Å². The van der Waals surface area contributed by atoms with Crippen molar-refractivity contribution in [3.63, 3.8) is 0 Å². The number of H-pyrrole nitrogens is 1. The molecule has 0 bridgehead atoms. The van der Waals surface area contributed by atoms with Gasteiger partial charge in [0.15, 0.2) is 0 Å². The predicted molar refractivity (Wildman–Crippen MR) is 134 cm³/mol. The number of aromatic nitrogens is 4. The first-order valence-corrected chi connectivity index (χ1v) is 11.0. The molecule has 3 heterocycles. The van der Waals surface area contributed by atoms with Gasteiger partial charge in [0.05, 0.1) is 7.11 Å². The van der Waals surface area contributed by atoms with Crippen molar-refractivity contribution in [1.29, 1.82) is 0 Å². The standard InChI is InChI=1S/C26H28N6O/c1-31(11-9-19-16-32(2)24-7-5-21(33-3)14-22(19)24)26-29-15-20(25(27)30-26)13-17-4-6-23-18(12-17)8-10-28-23/h4-8,10,12,14-16,28H,9,11,13H2,1-3H3,(H2,27,29,30).